The number of pyridine rings is 1. The van der Waals surface area contributed by atoms with Crippen molar-refractivity contribution in [2.75, 3.05) is 5.32 Å². The fourth-order valence-corrected chi connectivity index (χ4v) is 2.66. The summed E-state index contributed by atoms with van der Waals surface area (Å²) in [6.07, 6.45) is 10.6. The zero-order chi connectivity index (χ0) is 16.9. The zero-order valence-corrected chi connectivity index (χ0v) is 14.0. The number of rotatable bonds is 5. The molecule has 0 bridgehead atoms. The van der Waals surface area contributed by atoms with Gasteiger partial charge in [0.15, 0.2) is 0 Å². The molecule has 0 radical (unpaired) electrons. The summed E-state index contributed by atoms with van der Waals surface area (Å²) in [7, 11) is 0. The van der Waals surface area contributed by atoms with Crippen LogP contribution in [-0.2, 0) is 0 Å². The molecule has 120 valence electrons. The van der Waals surface area contributed by atoms with Crippen LogP contribution in [0, 0.1) is 6.92 Å². The number of aryl methyl sites for hydroxylation is 1. The molecule has 0 atom stereocenters. The molecule has 0 amide bonds. The Morgan fingerprint density at radius 1 is 1.00 bits per heavy atom. The zero-order valence-electron chi connectivity index (χ0n) is 14.0. The number of benzene rings is 1. The molecule has 1 N–H and O–H groups in total. The minimum absolute atomic E-state index is 0.856. The Morgan fingerprint density at radius 3 is 2.38 bits per heavy atom. The number of allylic oxidation sites excluding steroid dienone is 5. The van der Waals surface area contributed by atoms with Crippen molar-refractivity contribution in [1.29, 1.82) is 0 Å². The molecule has 0 saturated heterocycles. The molecule has 0 spiro atoms. The van der Waals surface area contributed by atoms with E-state index in [1.807, 2.05) is 25.3 Å². The molecule has 1 heterocycles. The SMILES string of the molecule is C=C(Nc1ccc(C)nc1)c1ccc(C(=C)C2=CCCC=C2)cc1. The van der Waals surface area contributed by atoms with Crippen LogP contribution >= 0.6 is 0 Å². The summed E-state index contributed by atoms with van der Waals surface area (Å²) < 4.78 is 0. The molecule has 1 aliphatic rings. The number of nitrogens with one attached hydrogen (secondary N) is 1. The third-order valence-electron chi connectivity index (χ3n) is 4.13. The Kier molecular flexibility index (Phi) is 4.76. The third kappa shape index (κ3) is 3.72. The first-order valence-corrected chi connectivity index (χ1v) is 8.19. The van der Waals surface area contributed by atoms with E-state index in [1.165, 1.54) is 5.57 Å². The topological polar surface area (TPSA) is 24.9 Å². The van der Waals surface area contributed by atoms with E-state index >= 15 is 0 Å². The van der Waals surface area contributed by atoms with Crippen LogP contribution in [0.4, 0.5) is 5.69 Å². The Hall–Kier alpha value is -2.87. The van der Waals surface area contributed by atoms with E-state index in [-0.39, 0.29) is 0 Å². The lowest BCUT2D eigenvalue weighted by Crippen LogP contribution is -1.98. The van der Waals surface area contributed by atoms with Crippen LogP contribution in [0.2, 0.25) is 0 Å². The maximum absolute atomic E-state index is 4.29. The molecule has 0 saturated carbocycles. The molecule has 3 rings (SSSR count). The molecule has 24 heavy (non-hydrogen) atoms. The van der Waals surface area contributed by atoms with Gasteiger partial charge in [-0.3, -0.25) is 4.98 Å². The molecule has 0 unspecified atom stereocenters. The van der Waals surface area contributed by atoms with Gasteiger partial charge in [-0.05, 0) is 54.2 Å². The quantitative estimate of drug-likeness (QED) is 0.758. The van der Waals surface area contributed by atoms with Crippen molar-refractivity contribution in [1.82, 2.24) is 4.98 Å². The first-order valence-electron chi connectivity index (χ1n) is 8.19. The number of hydrogen-bond donors (Lipinski definition) is 1. The second-order valence-corrected chi connectivity index (χ2v) is 5.99. The average molecular weight is 314 g/mol. The summed E-state index contributed by atoms with van der Waals surface area (Å²) in [5, 5.41) is 3.30. The summed E-state index contributed by atoms with van der Waals surface area (Å²) >= 11 is 0. The fraction of sp³-hybridized carbons (Fsp3) is 0.136. The molecular weight excluding hydrogens is 292 g/mol. The lowest BCUT2D eigenvalue weighted by molar-refractivity contribution is 1.03. The minimum atomic E-state index is 0.856. The van der Waals surface area contributed by atoms with Gasteiger partial charge in [0, 0.05) is 11.4 Å². The molecule has 1 aromatic heterocycles. The minimum Gasteiger partial charge on any atom is -0.354 e. The van der Waals surface area contributed by atoms with Gasteiger partial charge in [0.05, 0.1) is 11.9 Å². The van der Waals surface area contributed by atoms with Crippen LogP contribution in [0.3, 0.4) is 0 Å². The monoisotopic (exact) mass is 314 g/mol. The highest BCUT2D eigenvalue weighted by molar-refractivity contribution is 5.82. The van der Waals surface area contributed by atoms with Crippen molar-refractivity contribution in [2.45, 2.75) is 19.8 Å². The Labute approximate surface area is 144 Å². The highest BCUT2D eigenvalue weighted by atomic mass is 14.9. The molecule has 2 nitrogen and oxygen atoms in total. The lowest BCUT2D eigenvalue weighted by atomic mass is 9.94. The first kappa shape index (κ1) is 16.0. The number of aromatic nitrogens is 1. The van der Waals surface area contributed by atoms with Crippen molar-refractivity contribution in [3.8, 4) is 0 Å². The van der Waals surface area contributed by atoms with Crippen LogP contribution < -0.4 is 5.32 Å². The van der Waals surface area contributed by atoms with Crippen molar-refractivity contribution < 1.29 is 0 Å². The van der Waals surface area contributed by atoms with E-state index < -0.39 is 0 Å². The van der Waals surface area contributed by atoms with Gasteiger partial charge in [-0.25, -0.2) is 0 Å². The summed E-state index contributed by atoms with van der Waals surface area (Å²) in [6.45, 7) is 10.3. The van der Waals surface area contributed by atoms with Gasteiger partial charge >= 0.3 is 0 Å². The van der Waals surface area contributed by atoms with E-state index in [0.29, 0.717) is 0 Å². The summed E-state index contributed by atoms with van der Waals surface area (Å²) in [6, 6.07) is 12.3. The molecule has 1 aromatic carbocycles. The van der Waals surface area contributed by atoms with Gasteiger partial charge in [0.25, 0.3) is 0 Å². The highest BCUT2D eigenvalue weighted by Gasteiger charge is 2.06. The normalized spacial score (nSPS) is 13.3. The second kappa shape index (κ2) is 7.14. The van der Waals surface area contributed by atoms with Gasteiger partial charge in [0.1, 0.15) is 0 Å². The van der Waals surface area contributed by atoms with Crippen LogP contribution in [0.5, 0.6) is 0 Å². The smallest absolute Gasteiger partial charge is 0.0570 e. The van der Waals surface area contributed by atoms with Gasteiger partial charge in [0.2, 0.25) is 0 Å². The largest absolute Gasteiger partial charge is 0.354 e. The van der Waals surface area contributed by atoms with Crippen LogP contribution in [0.15, 0.2) is 79.6 Å². The maximum Gasteiger partial charge on any atom is 0.0570 e. The molecule has 2 aromatic rings. The number of hydrogen-bond acceptors (Lipinski definition) is 2. The van der Waals surface area contributed by atoms with Crippen molar-refractivity contribution >= 4 is 17.0 Å². The molecule has 0 fully saturated rings. The predicted molar refractivity (Wildman–Crippen MR) is 104 cm³/mol. The highest BCUT2D eigenvalue weighted by Crippen LogP contribution is 2.27. The van der Waals surface area contributed by atoms with Gasteiger partial charge in [-0.2, -0.15) is 0 Å². The fourth-order valence-electron chi connectivity index (χ4n) is 2.66. The standard InChI is InChI=1S/C22H22N2/c1-16-9-14-22(15-23-16)24-18(3)21-12-10-20(11-13-21)17(2)19-7-5-4-6-8-19/h5,7-15,24H,2-4,6H2,1H3. The molecule has 0 aliphatic heterocycles. The predicted octanol–water partition coefficient (Wildman–Crippen LogP) is 5.76. The Balaban J connectivity index is 1.70. The number of nitrogens with zero attached hydrogens (tertiary/aromatic N) is 1. The maximum atomic E-state index is 4.29. The number of anilines is 1. The summed E-state index contributed by atoms with van der Waals surface area (Å²) in [5.41, 5.74) is 7.28. The van der Waals surface area contributed by atoms with Gasteiger partial charge in [-0.1, -0.05) is 55.7 Å². The van der Waals surface area contributed by atoms with Crippen molar-refractivity contribution in [2.24, 2.45) is 0 Å². The van der Waals surface area contributed by atoms with Crippen LogP contribution in [-0.4, -0.2) is 4.98 Å². The van der Waals surface area contributed by atoms with Crippen molar-refractivity contribution in [3.63, 3.8) is 0 Å². The first-order chi connectivity index (χ1) is 11.6. The van der Waals surface area contributed by atoms with E-state index in [9.17, 15) is 0 Å². The van der Waals surface area contributed by atoms with E-state index in [4.69, 9.17) is 0 Å². The van der Waals surface area contributed by atoms with Crippen LogP contribution in [0.1, 0.15) is 29.7 Å². The van der Waals surface area contributed by atoms with Gasteiger partial charge < -0.3 is 5.32 Å². The average Bonchev–Trinajstić information content (AvgIpc) is 2.64. The molecule has 1 aliphatic carbocycles. The summed E-state index contributed by atoms with van der Waals surface area (Å²) in [4.78, 5) is 4.29. The van der Waals surface area contributed by atoms with Gasteiger partial charge in [-0.15, -0.1) is 0 Å². The van der Waals surface area contributed by atoms with E-state index in [0.717, 1.165) is 46.6 Å². The molecule has 2 heteroatoms. The molecular formula is C22H22N2. The second-order valence-electron chi connectivity index (χ2n) is 5.99. The van der Waals surface area contributed by atoms with Crippen molar-refractivity contribution in [3.05, 3.63) is 96.4 Å². The van der Waals surface area contributed by atoms with E-state index in [2.05, 4.69) is 66.0 Å². The third-order valence-corrected chi connectivity index (χ3v) is 4.13. The Morgan fingerprint density at radius 2 is 1.75 bits per heavy atom. The van der Waals surface area contributed by atoms with Crippen LogP contribution in [0.25, 0.3) is 11.3 Å². The lowest BCUT2D eigenvalue weighted by Gasteiger charge is -2.13. The summed E-state index contributed by atoms with van der Waals surface area (Å²) in [5.74, 6) is 0. The Bertz CT molecular complexity index is 806. The van der Waals surface area contributed by atoms with E-state index in [1.54, 1.807) is 0 Å².